The number of ether oxygens (including phenoxy) is 2. The van der Waals surface area contributed by atoms with Gasteiger partial charge in [-0.3, -0.25) is 14.4 Å². The summed E-state index contributed by atoms with van der Waals surface area (Å²) in [6.45, 7) is 14.8. The van der Waals surface area contributed by atoms with Crippen LogP contribution in [0.15, 0.2) is 11.3 Å². The number of rotatable bonds is 12. The Hall–Kier alpha value is -2.18. The molecule has 0 spiro atoms. The first-order chi connectivity index (χ1) is 14.7. The summed E-state index contributed by atoms with van der Waals surface area (Å²) in [4.78, 5) is 52.2. The van der Waals surface area contributed by atoms with Crippen molar-refractivity contribution >= 4 is 23.5 Å². The van der Waals surface area contributed by atoms with Crippen molar-refractivity contribution in [2.75, 3.05) is 6.61 Å². The van der Waals surface area contributed by atoms with Gasteiger partial charge in [0.25, 0.3) is 0 Å². The lowest BCUT2D eigenvalue weighted by molar-refractivity contribution is -0.149. The molecule has 0 saturated carbocycles. The molecule has 0 aromatic rings. The predicted octanol–water partition coefficient (Wildman–Crippen LogP) is 5.21. The van der Waals surface area contributed by atoms with Gasteiger partial charge in [-0.15, -0.1) is 0 Å². The third-order valence-corrected chi connectivity index (χ3v) is 5.59. The van der Waals surface area contributed by atoms with Crippen molar-refractivity contribution in [3.8, 4) is 0 Å². The first-order valence-corrected chi connectivity index (χ1v) is 11.7. The van der Waals surface area contributed by atoms with E-state index in [0.717, 1.165) is 0 Å². The van der Waals surface area contributed by atoms with E-state index in [4.69, 9.17) is 9.47 Å². The Balaban J connectivity index is 3.59. The van der Waals surface area contributed by atoms with E-state index < -0.39 is 52.3 Å². The second-order valence-corrected chi connectivity index (χ2v) is 10.3. The molecule has 0 saturated heterocycles. The number of allylic oxidation sites excluding steroid dienone is 1. The molecule has 7 heteroatoms. The monoisotopic (exact) mass is 452 g/mol. The minimum atomic E-state index is -2.23. The molecule has 182 valence electrons. The number of aliphatic hydroxyl groups excluding tert-OH is 1. The predicted molar refractivity (Wildman–Crippen MR) is 121 cm³/mol. The zero-order valence-electron chi connectivity index (χ0n) is 20.8. The molecule has 0 aliphatic heterocycles. The van der Waals surface area contributed by atoms with Crippen LogP contribution in [0.1, 0.15) is 81.1 Å². The summed E-state index contributed by atoms with van der Waals surface area (Å²) in [6.07, 6.45) is 0.0882. The maximum atomic E-state index is 13.5. The molecule has 1 aliphatic carbocycles. The number of ketones is 3. The van der Waals surface area contributed by atoms with Crippen LogP contribution >= 0.6 is 0 Å². The molecule has 7 nitrogen and oxygen atoms in total. The molecule has 32 heavy (non-hydrogen) atoms. The molecule has 0 bridgehead atoms. The molecular formula is C25H40O7. The van der Waals surface area contributed by atoms with Crippen molar-refractivity contribution in [2.45, 2.75) is 86.7 Å². The van der Waals surface area contributed by atoms with Crippen molar-refractivity contribution < 1.29 is 33.8 Å². The fraction of sp³-hybridized carbons (Fsp3) is 0.760. The highest BCUT2D eigenvalue weighted by molar-refractivity contribution is 6.26. The van der Waals surface area contributed by atoms with Crippen molar-refractivity contribution in [1.29, 1.82) is 0 Å². The van der Waals surface area contributed by atoms with Crippen molar-refractivity contribution in [1.82, 2.24) is 0 Å². The molecule has 0 aromatic heterocycles. The van der Waals surface area contributed by atoms with Crippen LogP contribution in [0.5, 0.6) is 0 Å². The van der Waals surface area contributed by atoms with Gasteiger partial charge in [-0.2, -0.15) is 0 Å². The van der Waals surface area contributed by atoms with Crippen LogP contribution in [0, 0.1) is 29.6 Å². The van der Waals surface area contributed by atoms with E-state index in [0.29, 0.717) is 12.8 Å². The van der Waals surface area contributed by atoms with Gasteiger partial charge in [0.15, 0.2) is 23.1 Å². The zero-order valence-corrected chi connectivity index (χ0v) is 20.8. The number of carbonyl (C=O) groups excluding carboxylic acids is 4. The van der Waals surface area contributed by atoms with Crippen molar-refractivity contribution in [3.05, 3.63) is 11.3 Å². The lowest BCUT2D eigenvalue weighted by atomic mass is 9.78. The quantitative estimate of drug-likeness (QED) is 0.320. The van der Waals surface area contributed by atoms with E-state index in [1.807, 2.05) is 41.5 Å². The van der Waals surface area contributed by atoms with Gasteiger partial charge in [0.05, 0.1) is 12.5 Å². The van der Waals surface area contributed by atoms with Gasteiger partial charge in [-0.25, -0.2) is 4.79 Å². The minimum absolute atomic E-state index is 0.00616. The largest absolute Gasteiger partial charge is 0.509 e. The molecule has 1 rings (SSSR count). The average molecular weight is 453 g/mol. The van der Waals surface area contributed by atoms with E-state index >= 15 is 0 Å². The van der Waals surface area contributed by atoms with Crippen molar-refractivity contribution in [3.63, 3.8) is 0 Å². The van der Waals surface area contributed by atoms with Gasteiger partial charge in [0, 0.05) is 12.3 Å². The number of Topliss-reactive ketones (excluding diaryl/α,β-unsaturated/α-hetero) is 3. The molecule has 0 unspecified atom stereocenters. The smallest absolute Gasteiger partial charge is 0.507 e. The van der Waals surface area contributed by atoms with Crippen molar-refractivity contribution in [2.24, 2.45) is 29.6 Å². The molecule has 1 N–H and O–H groups in total. The fourth-order valence-electron chi connectivity index (χ4n) is 3.69. The van der Waals surface area contributed by atoms with Crippen LogP contribution in [0.4, 0.5) is 4.79 Å². The highest BCUT2D eigenvalue weighted by atomic mass is 16.7. The van der Waals surface area contributed by atoms with E-state index in [1.165, 1.54) is 0 Å². The van der Waals surface area contributed by atoms with E-state index in [-0.39, 0.29) is 37.2 Å². The van der Waals surface area contributed by atoms with E-state index in [2.05, 4.69) is 0 Å². The molecule has 1 aliphatic rings. The van der Waals surface area contributed by atoms with Crippen LogP contribution in [0.2, 0.25) is 0 Å². The Morgan fingerprint density at radius 3 is 1.97 bits per heavy atom. The van der Waals surface area contributed by atoms with E-state index in [9.17, 15) is 24.3 Å². The normalized spacial score (nSPS) is 21.2. The summed E-state index contributed by atoms with van der Waals surface area (Å²) in [5.41, 5.74) is -2.65. The molecule has 0 amide bonds. The highest BCUT2D eigenvalue weighted by Gasteiger charge is 2.63. The standard InChI is InChI=1S/C25H40O7/c1-14(2)9-11-18-22(28)20(21(27)17(7)8)23(29)25(18,19(26)12-10-15(3)4)32-24(30)31-13-16(5)6/h14-18,29H,9-13H2,1-8H3/t18-,25+/m0/s1. The lowest BCUT2D eigenvalue weighted by Crippen LogP contribution is -2.51. The summed E-state index contributed by atoms with van der Waals surface area (Å²) < 4.78 is 10.7. The molecule has 2 atom stereocenters. The zero-order chi connectivity index (χ0) is 24.8. The molecular weight excluding hydrogens is 412 g/mol. The van der Waals surface area contributed by atoms with Crippen LogP contribution in [-0.4, -0.2) is 40.8 Å². The van der Waals surface area contributed by atoms with Crippen LogP contribution in [0.3, 0.4) is 0 Å². The third kappa shape index (κ3) is 6.42. The number of hydrogen-bond acceptors (Lipinski definition) is 7. The third-order valence-electron chi connectivity index (χ3n) is 5.59. The number of aliphatic hydroxyl groups is 1. The summed E-state index contributed by atoms with van der Waals surface area (Å²) in [5.74, 6) is -3.87. The van der Waals surface area contributed by atoms with E-state index in [1.54, 1.807) is 13.8 Å². The van der Waals surface area contributed by atoms with Gasteiger partial charge in [-0.1, -0.05) is 61.8 Å². The number of carbonyl (C=O) groups is 4. The molecule has 0 radical (unpaired) electrons. The van der Waals surface area contributed by atoms with Gasteiger partial charge in [0.1, 0.15) is 5.57 Å². The van der Waals surface area contributed by atoms with Gasteiger partial charge >= 0.3 is 6.16 Å². The highest BCUT2D eigenvalue weighted by Crippen LogP contribution is 2.45. The Labute approximate surface area is 191 Å². The number of hydrogen-bond donors (Lipinski definition) is 1. The Kier molecular flexibility index (Phi) is 10.1. The second kappa shape index (κ2) is 11.6. The first-order valence-electron chi connectivity index (χ1n) is 11.7. The Bertz CT molecular complexity index is 745. The van der Waals surface area contributed by atoms with Crippen LogP contribution < -0.4 is 0 Å². The van der Waals surface area contributed by atoms with Gasteiger partial charge in [0.2, 0.25) is 5.60 Å². The second-order valence-electron chi connectivity index (χ2n) is 10.3. The summed E-state index contributed by atoms with van der Waals surface area (Å²) >= 11 is 0. The molecule has 0 heterocycles. The summed E-state index contributed by atoms with van der Waals surface area (Å²) in [5, 5.41) is 11.2. The topological polar surface area (TPSA) is 107 Å². The van der Waals surface area contributed by atoms with Crippen LogP contribution in [0.25, 0.3) is 0 Å². The summed E-state index contributed by atoms with van der Waals surface area (Å²) in [6, 6.07) is 0. The Morgan fingerprint density at radius 1 is 0.938 bits per heavy atom. The molecule has 0 aromatic carbocycles. The minimum Gasteiger partial charge on any atom is -0.507 e. The van der Waals surface area contributed by atoms with Gasteiger partial charge in [-0.05, 0) is 30.6 Å². The average Bonchev–Trinajstić information content (AvgIpc) is 2.89. The summed E-state index contributed by atoms with van der Waals surface area (Å²) in [7, 11) is 0. The van der Waals surface area contributed by atoms with Gasteiger partial charge < -0.3 is 14.6 Å². The maximum Gasteiger partial charge on any atom is 0.509 e. The van der Waals surface area contributed by atoms with Crippen LogP contribution in [-0.2, 0) is 23.9 Å². The maximum absolute atomic E-state index is 13.5. The Morgan fingerprint density at radius 2 is 1.50 bits per heavy atom. The lowest BCUT2D eigenvalue weighted by Gasteiger charge is -2.33. The molecule has 0 fully saturated rings. The SMILES string of the molecule is CC(C)CCC(=O)[C@@]1(OC(=O)OCC(C)C)C(O)=C(C(=O)C(C)C)C(=O)[C@@H]1CCC(C)C. The first kappa shape index (κ1) is 27.9. The fourth-order valence-corrected chi connectivity index (χ4v) is 3.69.